The zero-order valence-electron chi connectivity index (χ0n) is 14.3. The number of methoxy groups -OCH3 is 2. The SMILES string of the molecule is COC[C@@H]1CN(Cc2ccc(F)c(OC)c2)C[C@H]1C(=O)NC1CC1. The molecular weight excluding hydrogens is 311 g/mol. The standard InChI is InChI=1S/C18H25FN2O3/c1-23-11-13-9-21(10-15(13)18(22)20-14-4-5-14)8-12-3-6-16(19)17(7-12)24-2/h3,6-7,13-15H,4-5,8-11H2,1-2H3,(H,20,22)/t13-,15+/m0/s1. The summed E-state index contributed by atoms with van der Waals surface area (Å²) in [6.45, 7) is 2.75. The Hall–Kier alpha value is -1.66. The Kier molecular flexibility index (Phi) is 5.36. The van der Waals surface area contributed by atoms with Gasteiger partial charge in [-0.1, -0.05) is 6.07 Å². The fourth-order valence-corrected chi connectivity index (χ4v) is 3.37. The van der Waals surface area contributed by atoms with Crippen molar-refractivity contribution in [1.29, 1.82) is 0 Å². The van der Waals surface area contributed by atoms with E-state index in [1.165, 1.54) is 13.2 Å². The maximum absolute atomic E-state index is 13.5. The lowest BCUT2D eigenvalue weighted by molar-refractivity contribution is -0.126. The van der Waals surface area contributed by atoms with Crippen LogP contribution in [-0.4, -0.2) is 50.8 Å². The Morgan fingerprint density at radius 3 is 2.79 bits per heavy atom. The zero-order chi connectivity index (χ0) is 17.1. The van der Waals surface area contributed by atoms with E-state index in [0.717, 1.165) is 24.9 Å². The first-order valence-corrected chi connectivity index (χ1v) is 8.44. The summed E-state index contributed by atoms with van der Waals surface area (Å²) in [7, 11) is 3.13. The number of likely N-dealkylation sites (tertiary alicyclic amines) is 1. The van der Waals surface area contributed by atoms with Gasteiger partial charge >= 0.3 is 0 Å². The van der Waals surface area contributed by atoms with E-state index in [-0.39, 0.29) is 29.3 Å². The Bertz CT molecular complexity index is 592. The number of rotatable bonds is 7. The number of nitrogens with zero attached hydrogens (tertiary/aromatic N) is 1. The third-order valence-corrected chi connectivity index (χ3v) is 4.78. The summed E-state index contributed by atoms with van der Waals surface area (Å²) >= 11 is 0. The topological polar surface area (TPSA) is 50.8 Å². The molecule has 5 nitrogen and oxygen atoms in total. The van der Waals surface area contributed by atoms with E-state index in [4.69, 9.17) is 9.47 Å². The molecule has 1 aromatic carbocycles. The Labute approximate surface area is 142 Å². The quantitative estimate of drug-likeness (QED) is 0.825. The minimum Gasteiger partial charge on any atom is -0.494 e. The predicted octanol–water partition coefficient (Wildman–Crippen LogP) is 1.81. The summed E-state index contributed by atoms with van der Waals surface area (Å²) in [5.74, 6) is 0.174. The molecule has 6 heteroatoms. The number of benzene rings is 1. The second-order valence-corrected chi connectivity index (χ2v) is 6.77. The van der Waals surface area contributed by atoms with Gasteiger partial charge in [-0.25, -0.2) is 4.39 Å². The van der Waals surface area contributed by atoms with Crippen molar-refractivity contribution in [3.05, 3.63) is 29.6 Å². The van der Waals surface area contributed by atoms with Crippen LogP contribution in [0, 0.1) is 17.7 Å². The van der Waals surface area contributed by atoms with E-state index >= 15 is 0 Å². The van der Waals surface area contributed by atoms with Gasteiger partial charge in [0.15, 0.2) is 11.6 Å². The van der Waals surface area contributed by atoms with Crippen LogP contribution in [0.25, 0.3) is 0 Å². The van der Waals surface area contributed by atoms with Gasteiger partial charge in [0, 0.05) is 38.7 Å². The molecule has 0 radical (unpaired) electrons. The molecule has 1 heterocycles. The molecule has 1 aliphatic heterocycles. The third kappa shape index (κ3) is 4.05. The largest absolute Gasteiger partial charge is 0.494 e. The smallest absolute Gasteiger partial charge is 0.225 e. The van der Waals surface area contributed by atoms with Gasteiger partial charge in [0.1, 0.15) is 0 Å². The predicted molar refractivity (Wildman–Crippen MR) is 88.2 cm³/mol. The van der Waals surface area contributed by atoms with Crippen molar-refractivity contribution in [2.45, 2.75) is 25.4 Å². The second kappa shape index (κ2) is 7.49. The van der Waals surface area contributed by atoms with Gasteiger partial charge in [0.25, 0.3) is 0 Å². The lowest BCUT2D eigenvalue weighted by atomic mass is 9.96. The van der Waals surface area contributed by atoms with Crippen LogP contribution in [-0.2, 0) is 16.1 Å². The first kappa shape index (κ1) is 17.2. The zero-order valence-corrected chi connectivity index (χ0v) is 14.3. The highest BCUT2D eigenvalue weighted by Crippen LogP contribution is 2.28. The number of amides is 1. The van der Waals surface area contributed by atoms with E-state index in [2.05, 4.69) is 10.2 Å². The Morgan fingerprint density at radius 2 is 2.12 bits per heavy atom. The molecule has 1 amide bonds. The number of nitrogens with one attached hydrogen (secondary N) is 1. The number of hydrogen-bond acceptors (Lipinski definition) is 4. The molecule has 3 rings (SSSR count). The first-order valence-electron chi connectivity index (χ1n) is 8.44. The number of carbonyl (C=O) groups excluding carboxylic acids is 1. The lowest BCUT2D eigenvalue weighted by Crippen LogP contribution is -2.37. The summed E-state index contributed by atoms with van der Waals surface area (Å²) in [4.78, 5) is 14.7. The monoisotopic (exact) mass is 336 g/mol. The molecule has 24 heavy (non-hydrogen) atoms. The van der Waals surface area contributed by atoms with Gasteiger partial charge in [-0.2, -0.15) is 0 Å². The summed E-state index contributed by atoms with van der Waals surface area (Å²) in [6.07, 6.45) is 2.18. The average Bonchev–Trinajstić information content (AvgIpc) is 3.29. The van der Waals surface area contributed by atoms with Crippen LogP contribution in [0.15, 0.2) is 18.2 Å². The summed E-state index contributed by atoms with van der Waals surface area (Å²) in [5.41, 5.74) is 0.979. The molecule has 1 aromatic rings. The third-order valence-electron chi connectivity index (χ3n) is 4.78. The summed E-state index contributed by atoms with van der Waals surface area (Å²) in [6, 6.07) is 5.28. The van der Waals surface area contributed by atoms with Crippen LogP contribution in [0.5, 0.6) is 5.75 Å². The summed E-state index contributed by atoms with van der Waals surface area (Å²) < 4.78 is 23.9. The Balaban J connectivity index is 1.64. The Morgan fingerprint density at radius 1 is 1.33 bits per heavy atom. The van der Waals surface area contributed by atoms with Crippen LogP contribution in [0.2, 0.25) is 0 Å². The maximum atomic E-state index is 13.5. The molecule has 1 saturated heterocycles. The van der Waals surface area contributed by atoms with Crippen molar-refractivity contribution in [1.82, 2.24) is 10.2 Å². The molecule has 1 N–H and O–H groups in total. The molecule has 0 aromatic heterocycles. The van der Waals surface area contributed by atoms with Gasteiger partial charge in [-0.3, -0.25) is 9.69 Å². The van der Waals surface area contributed by atoms with Crippen LogP contribution < -0.4 is 10.1 Å². The molecule has 2 fully saturated rings. The second-order valence-electron chi connectivity index (χ2n) is 6.77. The van der Waals surface area contributed by atoms with Gasteiger partial charge in [0.05, 0.1) is 19.6 Å². The van der Waals surface area contributed by atoms with E-state index in [1.54, 1.807) is 19.2 Å². The van der Waals surface area contributed by atoms with Crippen LogP contribution in [0.1, 0.15) is 18.4 Å². The number of ether oxygens (including phenoxy) is 2. The van der Waals surface area contributed by atoms with Crippen molar-refractivity contribution >= 4 is 5.91 Å². The molecule has 1 saturated carbocycles. The highest BCUT2D eigenvalue weighted by Gasteiger charge is 2.39. The molecule has 2 atom stereocenters. The van der Waals surface area contributed by atoms with Crippen molar-refractivity contribution in [3.63, 3.8) is 0 Å². The molecule has 2 aliphatic rings. The van der Waals surface area contributed by atoms with Gasteiger partial charge in [-0.15, -0.1) is 0 Å². The van der Waals surface area contributed by atoms with Crippen molar-refractivity contribution in [2.75, 3.05) is 33.9 Å². The molecule has 0 unspecified atom stereocenters. The maximum Gasteiger partial charge on any atom is 0.225 e. The van der Waals surface area contributed by atoms with E-state index < -0.39 is 0 Å². The van der Waals surface area contributed by atoms with Crippen LogP contribution in [0.4, 0.5) is 4.39 Å². The molecule has 132 valence electrons. The fourth-order valence-electron chi connectivity index (χ4n) is 3.37. The minimum atomic E-state index is -0.360. The normalized spacial score (nSPS) is 24.1. The molecule has 0 bridgehead atoms. The number of hydrogen-bond donors (Lipinski definition) is 1. The molecule has 0 spiro atoms. The average molecular weight is 336 g/mol. The van der Waals surface area contributed by atoms with Crippen LogP contribution in [0.3, 0.4) is 0 Å². The van der Waals surface area contributed by atoms with Gasteiger partial charge in [-0.05, 0) is 30.5 Å². The highest BCUT2D eigenvalue weighted by molar-refractivity contribution is 5.80. The lowest BCUT2D eigenvalue weighted by Gasteiger charge is -2.17. The van der Waals surface area contributed by atoms with Gasteiger partial charge in [0.2, 0.25) is 5.91 Å². The first-order chi connectivity index (χ1) is 11.6. The van der Waals surface area contributed by atoms with Crippen molar-refractivity contribution in [3.8, 4) is 5.75 Å². The summed E-state index contributed by atoms with van der Waals surface area (Å²) in [5, 5.41) is 3.10. The van der Waals surface area contributed by atoms with Gasteiger partial charge < -0.3 is 14.8 Å². The van der Waals surface area contributed by atoms with Crippen LogP contribution >= 0.6 is 0 Å². The number of carbonyl (C=O) groups is 1. The minimum absolute atomic E-state index is 0.0482. The number of halogens is 1. The van der Waals surface area contributed by atoms with E-state index in [9.17, 15) is 9.18 Å². The van der Waals surface area contributed by atoms with Crippen molar-refractivity contribution in [2.24, 2.45) is 11.8 Å². The molecule has 1 aliphatic carbocycles. The van der Waals surface area contributed by atoms with Crippen molar-refractivity contribution < 1.29 is 18.7 Å². The van der Waals surface area contributed by atoms with E-state index in [0.29, 0.717) is 25.7 Å². The highest BCUT2D eigenvalue weighted by atomic mass is 19.1. The molecular formula is C18H25FN2O3. The fraction of sp³-hybridized carbons (Fsp3) is 0.611. The van der Waals surface area contributed by atoms with E-state index in [1.807, 2.05) is 0 Å².